The Kier molecular flexibility index (Phi) is 9.16. The minimum Gasteiger partial charge on any atom is -0.346 e. The van der Waals surface area contributed by atoms with Crippen LogP contribution in [0.4, 0.5) is 0 Å². The third-order valence-electron chi connectivity index (χ3n) is 9.60. The Morgan fingerprint density at radius 2 is 0.978 bits per heavy atom. The summed E-state index contributed by atoms with van der Waals surface area (Å²) >= 11 is 0. The van der Waals surface area contributed by atoms with Crippen LogP contribution in [-0.2, 0) is 9.59 Å². The standard InChI is InChI=1S/C38H48N6O2/c1-23(2)19-35(45)43-25(5)7-17-33(43)37-39-21-31(41-37)29-13-9-27(10-14-29)28-11-15-30(16-12-28)32-22-40-38(42-32)34-18-8-26(6)44(34)36(46)20-24(3)4/h9-16,21-26,33-34H,7-8,17-20H2,1-6H3,(H,39,41)(H,40,42)/t25-,26-,33-,34-/m0/s1. The molecule has 2 saturated heterocycles. The first kappa shape index (κ1) is 31.8. The number of hydrogen-bond acceptors (Lipinski definition) is 4. The molecule has 0 saturated carbocycles. The van der Waals surface area contributed by atoms with Gasteiger partial charge in [-0.3, -0.25) is 9.59 Å². The van der Waals surface area contributed by atoms with Crippen LogP contribution in [0.1, 0.15) is 104 Å². The number of rotatable bonds is 9. The van der Waals surface area contributed by atoms with E-state index in [4.69, 9.17) is 9.97 Å². The van der Waals surface area contributed by atoms with Crippen LogP contribution in [0.15, 0.2) is 60.9 Å². The van der Waals surface area contributed by atoms with Gasteiger partial charge in [0, 0.05) is 48.4 Å². The molecule has 8 heteroatoms. The van der Waals surface area contributed by atoms with E-state index in [-0.39, 0.29) is 36.0 Å². The minimum atomic E-state index is 0.00594. The Labute approximate surface area is 273 Å². The number of nitrogens with one attached hydrogen (secondary N) is 2. The molecular formula is C38H48N6O2. The quantitative estimate of drug-likeness (QED) is 0.197. The molecule has 0 spiro atoms. The molecule has 6 rings (SSSR count). The number of benzene rings is 2. The fraction of sp³-hybridized carbons (Fsp3) is 0.474. The molecule has 0 aliphatic carbocycles. The summed E-state index contributed by atoms with van der Waals surface area (Å²) in [6.45, 7) is 12.7. The summed E-state index contributed by atoms with van der Waals surface area (Å²) in [6.07, 6.45) is 8.91. The van der Waals surface area contributed by atoms with Crippen molar-refractivity contribution in [1.29, 1.82) is 0 Å². The average molecular weight is 621 g/mol. The van der Waals surface area contributed by atoms with Crippen molar-refractivity contribution < 1.29 is 9.59 Å². The SMILES string of the molecule is CC(C)CC(=O)N1[C@@H](C)CC[C@H]1c1nc(-c2ccc(-c3ccc(-c4c[nH]c([C@@H]5CC[C@H](C)N5C(=O)CC(C)C)n4)cc3)cc2)c[nH]1. The fourth-order valence-electron chi connectivity index (χ4n) is 7.23. The molecule has 4 aromatic rings. The lowest BCUT2D eigenvalue weighted by atomic mass is 10.0. The molecule has 0 bridgehead atoms. The van der Waals surface area contributed by atoms with E-state index < -0.39 is 0 Å². The molecule has 0 unspecified atom stereocenters. The summed E-state index contributed by atoms with van der Waals surface area (Å²) in [4.78, 5) is 46.7. The van der Waals surface area contributed by atoms with Crippen molar-refractivity contribution in [1.82, 2.24) is 29.7 Å². The molecule has 2 aliphatic rings. The van der Waals surface area contributed by atoms with Crippen LogP contribution in [0.5, 0.6) is 0 Å². The van der Waals surface area contributed by atoms with E-state index in [1.807, 2.05) is 22.2 Å². The molecule has 2 fully saturated rings. The number of carbonyl (C=O) groups is 2. The molecule has 46 heavy (non-hydrogen) atoms. The average Bonchev–Trinajstić information content (AvgIpc) is 3.83. The van der Waals surface area contributed by atoms with Gasteiger partial charge in [0.05, 0.1) is 23.5 Å². The lowest BCUT2D eigenvalue weighted by molar-refractivity contribution is -0.135. The van der Waals surface area contributed by atoms with E-state index in [0.29, 0.717) is 24.7 Å². The van der Waals surface area contributed by atoms with Gasteiger partial charge in [-0.1, -0.05) is 76.2 Å². The summed E-state index contributed by atoms with van der Waals surface area (Å²) in [6, 6.07) is 17.4. The third-order valence-corrected chi connectivity index (χ3v) is 9.60. The number of likely N-dealkylation sites (tertiary alicyclic amines) is 2. The summed E-state index contributed by atoms with van der Waals surface area (Å²) in [7, 11) is 0. The van der Waals surface area contributed by atoms with Crippen molar-refractivity contribution in [3.05, 3.63) is 72.6 Å². The summed E-state index contributed by atoms with van der Waals surface area (Å²) in [5.41, 5.74) is 6.12. The van der Waals surface area contributed by atoms with Gasteiger partial charge in [0.15, 0.2) is 0 Å². The first-order valence-electron chi connectivity index (χ1n) is 17.0. The molecular weight excluding hydrogens is 572 g/mol. The number of nitrogens with zero attached hydrogens (tertiary/aromatic N) is 4. The number of carbonyl (C=O) groups excluding carboxylic acids is 2. The summed E-state index contributed by atoms with van der Waals surface area (Å²) < 4.78 is 0. The van der Waals surface area contributed by atoms with Crippen molar-refractivity contribution in [3.8, 4) is 33.6 Å². The van der Waals surface area contributed by atoms with Crippen LogP contribution < -0.4 is 0 Å². The number of aromatic amines is 2. The molecule has 0 radical (unpaired) electrons. The first-order chi connectivity index (χ1) is 22.1. The van der Waals surface area contributed by atoms with Gasteiger partial charge in [0.25, 0.3) is 0 Å². The second kappa shape index (κ2) is 13.3. The van der Waals surface area contributed by atoms with Gasteiger partial charge in [0.1, 0.15) is 11.6 Å². The predicted molar refractivity (Wildman–Crippen MR) is 183 cm³/mol. The van der Waals surface area contributed by atoms with Crippen LogP contribution >= 0.6 is 0 Å². The smallest absolute Gasteiger partial charge is 0.223 e. The van der Waals surface area contributed by atoms with Crippen molar-refractivity contribution in [2.24, 2.45) is 11.8 Å². The monoisotopic (exact) mass is 620 g/mol. The number of aromatic nitrogens is 4. The predicted octanol–water partition coefficient (Wildman–Crippen LogP) is 8.33. The van der Waals surface area contributed by atoms with Gasteiger partial charge in [-0.05, 0) is 62.5 Å². The molecule has 4 heterocycles. The molecule has 2 N–H and O–H groups in total. The Balaban J connectivity index is 1.13. The van der Waals surface area contributed by atoms with Gasteiger partial charge in [-0.25, -0.2) is 9.97 Å². The Morgan fingerprint density at radius 3 is 1.33 bits per heavy atom. The Bertz CT molecular complexity index is 1530. The molecule has 2 aliphatic heterocycles. The minimum absolute atomic E-state index is 0.00594. The van der Waals surface area contributed by atoms with E-state index in [2.05, 4.69) is 100 Å². The molecule has 4 atom stereocenters. The lowest BCUT2D eigenvalue weighted by Crippen LogP contribution is -2.36. The van der Waals surface area contributed by atoms with Crippen molar-refractivity contribution in [2.45, 2.75) is 104 Å². The number of imidazole rings is 2. The molecule has 8 nitrogen and oxygen atoms in total. The highest BCUT2D eigenvalue weighted by Crippen LogP contribution is 2.38. The number of H-pyrrole nitrogens is 2. The maximum Gasteiger partial charge on any atom is 0.223 e. The van der Waals surface area contributed by atoms with E-state index >= 15 is 0 Å². The summed E-state index contributed by atoms with van der Waals surface area (Å²) in [5.74, 6) is 2.85. The molecule has 2 amide bonds. The van der Waals surface area contributed by atoms with E-state index in [0.717, 1.165) is 71.0 Å². The van der Waals surface area contributed by atoms with Crippen LogP contribution in [0.25, 0.3) is 33.6 Å². The Hall–Kier alpha value is -4.20. The first-order valence-corrected chi connectivity index (χ1v) is 17.0. The van der Waals surface area contributed by atoms with E-state index in [1.165, 1.54) is 0 Å². The van der Waals surface area contributed by atoms with Gasteiger partial charge in [-0.15, -0.1) is 0 Å². The molecule has 2 aromatic carbocycles. The molecule has 242 valence electrons. The fourth-order valence-corrected chi connectivity index (χ4v) is 7.23. The van der Waals surface area contributed by atoms with Crippen LogP contribution in [-0.4, -0.2) is 53.6 Å². The maximum absolute atomic E-state index is 13.0. The van der Waals surface area contributed by atoms with Crippen LogP contribution in [0.2, 0.25) is 0 Å². The van der Waals surface area contributed by atoms with E-state index in [1.54, 1.807) is 0 Å². The lowest BCUT2D eigenvalue weighted by Gasteiger charge is -2.28. The zero-order chi connectivity index (χ0) is 32.5. The van der Waals surface area contributed by atoms with Crippen LogP contribution in [0, 0.1) is 11.8 Å². The highest BCUT2D eigenvalue weighted by Gasteiger charge is 2.38. The third kappa shape index (κ3) is 6.53. The number of hydrogen-bond donors (Lipinski definition) is 2. The van der Waals surface area contributed by atoms with Crippen LogP contribution in [0.3, 0.4) is 0 Å². The van der Waals surface area contributed by atoms with E-state index in [9.17, 15) is 9.59 Å². The van der Waals surface area contributed by atoms with Gasteiger partial charge < -0.3 is 19.8 Å². The zero-order valence-electron chi connectivity index (χ0n) is 28.1. The van der Waals surface area contributed by atoms with Gasteiger partial charge in [0.2, 0.25) is 11.8 Å². The zero-order valence-corrected chi connectivity index (χ0v) is 28.1. The Morgan fingerprint density at radius 1 is 0.630 bits per heavy atom. The highest BCUT2D eigenvalue weighted by atomic mass is 16.2. The van der Waals surface area contributed by atoms with Crippen molar-refractivity contribution in [2.75, 3.05) is 0 Å². The largest absolute Gasteiger partial charge is 0.346 e. The highest BCUT2D eigenvalue weighted by molar-refractivity contribution is 5.78. The summed E-state index contributed by atoms with van der Waals surface area (Å²) in [5, 5.41) is 0. The maximum atomic E-state index is 13.0. The second-order valence-corrected chi connectivity index (χ2v) is 14.2. The van der Waals surface area contributed by atoms with Gasteiger partial charge >= 0.3 is 0 Å². The molecule has 2 aromatic heterocycles. The number of amides is 2. The normalized spacial score (nSPS) is 21.6. The van der Waals surface area contributed by atoms with Crippen molar-refractivity contribution >= 4 is 11.8 Å². The van der Waals surface area contributed by atoms with Gasteiger partial charge in [-0.2, -0.15) is 0 Å². The van der Waals surface area contributed by atoms with Crippen molar-refractivity contribution in [3.63, 3.8) is 0 Å². The topological polar surface area (TPSA) is 98.0 Å². The second-order valence-electron chi connectivity index (χ2n) is 14.2.